The molecule has 0 unspecified atom stereocenters. The van der Waals surface area contributed by atoms with Crippen molar-refractivity contribution in [3.63, 3.8) is 0 Å². The summed E-state index contributed by atoms with van der Waals surface area (Å²) >= 11 is 0. The van der Waals surface area contributed by atoms with Crippen molar-refractivity contribution in [2.75, 3.05) is 0 Å². The van der Waals surface area contributed by atoms with Gasteiger partial charge in [0.25, 0.3) is 0 Å². The van der Waals surface area contributed by atoms with E-state index in [0.717, 1.165) is 49.9 Å². The molecule has 6 rings (SSSR count). The zero-order valence-electron chi connectivity index (χ0n) is 17.7. The van der Waals surface area contributed by atoms with E-state index in [1.54, 1.807) is 6.07 Å². The van der Waals surface area contributed by atoms with Crippen LogP contribution in [0.1, 0.15) is 5.56 Å². The molecule has 0 amide bonds. The highest BCUT2D eigenvalue weighted by molar-refractivity contribution is 6.10. The molecule has 0 aliphatic heterocycles. The van der Waals surface area contributed by atoms with Gasteiger partial charge in [-0.2, -0.15) is 5.26 Å². The topological polar surface area (TPSA) is 49.8 Å². The number of nitrogens with zero attached hydrogens (tertiary/aromatic N) is 2. The van der Waals surface area contributed by atoms with Crippen LogP contribution in [0.25, 0.3) is 55.4 Å². The van der Waals surface area contributed by atoms with E-state index >= 15 is 0 Å². The number of fused-ring (bicyclic) bond motifs is 3. The summed E-state index contributed by atoms with van der Waals surface area (Å²) < 4.78 is 6.20. The van der Waals surface area contributed by atoms with Gasteiger partial charge in [0.05, 0.1) is 11.3 Å². The van der Waals surface area contributed by atoms with Gasteiger partial charge in [-0.05, 0) is 23.3 Å². The molecule has 33 heavy (non-hydrogen) atoms. The maximum atomic E-state index is 9.45. The SMILES string of the molecule is N#Cc1cccc2c1oc1c(-c3ccc(-c4ccc(-c5ccccc5)nc4)cc3)cccc12. The number of furan rings is 1. The molecule has 0 saturated carbocycles. The van der Waals surface area contributed by atoms with Crippen molar-refractivity contribution in [1.82, 2.24) is 4.98 Å². The van der Waals surface area contributed by atoms with Gasteiger partial charge in [0.1, 0.15) is 11.7 Å². The van der Waals surface area contributed by atoms with Crippen molar-refractivity contribution in [2.45, 2.75) is 0 Å². The molecular weight excluding hydrogens is 404 g/mol. The maximum Gasteiger partial charge on any atom is 0.153 e. The van der Waals surface area contributed by atoms with Crippen molar-refractivity contribution in [1.29, 1.82) is 5.26 Å². The van der Waals surface area contributed by atoms with Crippen LogP contribution in [0.4, 0.5) is 0 Å². The predicted octanol–water partition coefficient (Wildman–Crippen LogP) is 7.85. The van der Waals surface area contributed by atoms with Crippen molar-refractivity contribution >= 4 is 21.9 Å². The Labute approximate surface area is 191 Å². The Balaban J connectivity index is 1.37. The van der Waals surface area contributed by atoms with Crippen LogP contribution in [0.3, 0.4) is 0 Å². The first-order chi connectivity index (χ1) is 16.3. The average Bonchev–Trinajstić information content (AvgIpc) is 3.29. The summed E-state index contributed by atoms with van der Waals surface area (Å²) in [4.78, 5) is 4.65. The Morgan fingerprint density at radius 1 is 0.576 bits per heavy atom. The molecule has 0 fully saturated rings. The number of hydrogen-bond acceptors (Lipinski definition) is 3. The molecule has 2 heterocycles. The van der Waals surface area contributed by atoms with Gasteiger partial charge in [-0.1, -0.05) is 91.0 Å². The lowest BCUT2D eigenvalue weighted by molar-refractivity contribution is 0.668. The molecular formula is C30H18N2O. The first-order valence-corrected chi connectivity index (χ1v) is 10.8. The summed E-state index contributed by atoms with van der Waals surface area (Å²) in [7, 11) is 0. The van der Waals surface area contributed by atoms with Crippen LogP contribution in [-0.4, -0.2) is 4.98 Å². The minimum atomic E-state index is 0.552. The van der Waals surface area contributed by atoms with E-state index < -0.39 is 0 Å². The van der Waals surface area contributed by atoms with E-state index in [2.05, 4.69) is 65.7 Å². The fourth-order valence-electron chi connectivity index (χ4n) is 4.32. The van der Waals surface area contributed by atoms with Crippen LogP contribution >= 0.6 is 0 Å². The van der Waals surface area contributed by atoms with E-state index in [9.17, 15) is 5.26 Å². The molecule has 2 aromatic heterocycles. The van der Waals surface area contributed by atoms with Crippen molar-refractivity contribution in [3.8, 4) is 39.6 Å². The fourth-order valence-corrected chi connectivity index (χ4v) is 4.32. The predicted molar refractivity (Wildman–Crippen MR) is 133 cm³/mol. The smallest absolute Gasteiger partial charge is 0.153 e. The first-order valence-electron chi connectivity index (χ1n) is 10.8. The van der Waals surface area contributed by atoms with E-state index in [-0.39, 0.29) is 0 Å². The Morgan fingerprint density at radius 3 is 2.00 bits per heavy atom. The number of pyridine rings is 1. The largest absolute Gasteiger partial charge is 0.454 e. The molecule has 4 aromatic carbocycles. The summed E-state index contributed by atoms with van der Waals surface area (Å²) in [6.45, 7) is 0. The minimum Gasteiger partial charge on any atom is -0.454 e. The summed E-state index contributed by atoms with van der Waals surface area (Å²) in [5.74, 6) is 0. The Morgan fingerprint density at radius 2 is 1.27 bits per heavy atom. The van der Waals surface area contributed by atoms with Gasteiger partial charge in [-0.25, -0.2) is 0 Å². The van der Waals surface area contributed by atoms with Crippen LogP contribution in [0.5, 0.6) is 0 Å². The van der Waals surface area contributed by atoms with Gasteiger partial charge in [-0.15, -0.1) is 0 Å². The molecule has 0 N–H and O–H groups in total. The van der Waals surface area contributed by atoms with Crippen molar-refractivity contribution in [2.24, 2.45) is 0 Å². The molecule has 0 saturated heterocycles. The second-order valence-corrected chi connectivity index (χ2v) is 7.95. The van der Waals surface area contributed by atoms with E-state index in [1.807, 2.05) is 48.7 Å². The van der Waals surface area contributed by atoms with Gasteiger partial charge < -0.3 is 4.42 Å². The molecule has 6 aromatic rings. The Kier molecular flexibility index (Phi) is 4.49. The number of para-hydroxylation sites is 2. The number of nitriles is 1. The van der Waals surface area contributed by atoms with Gasteiger partial charge in [0, 0.05) is 33.7 Å². The summed E-state index contributed by atoms with van der Waals surface area (Å²) in [5.41, 5.74) is 8.32. The second-order valence-electron chi connectivity index (χ2n) is 7.95. The van der Waals surface area contributed by atoms with E-state index in [0.29, 0.717) is 11.1 Å². The summed E-state index contributed by atoms with van der Waals surface area (Å²) in [6.07, 6.45) is 1.92. The third-order valence-corrected chi connectivity index (χ3v) is 6.01. The lowest BCUT2D eigenvalue weighted by Crippen LogP contribution is -1.85. The monoisotopic (exact) mass is 422 g/mol. The molecule has 0 atom stereocenters. The zero-order valence-corrected chi connectivity index (χ0v) is 17.7. The summed E-state index contributed by atoms with van der Waals surface area (Å²) in [6, 6.07) is 36.8. The van der Waals surface area contributed by atoms with Crippen LogP contribution in [-0.2, 0) is 0 Å². The molecule has 0 aliphatic carbocycles. The number of hydrogen-bond donors (Lipinski definition) is 0. The maximum absolute atomic E-state index is 9.45. The van der Waals surface area contributed by atoms with Gasteiger partial charge in [0.2, 0.25) is 0 Å². The third-order valence-electron chi connectivity index (χ3n) is 6.01. The number of rotatable bonds is 3. The zero-order chi connectivity index (χ0) is 22.2. The lowest BCUT2D eigenvalue weighted by Gasteiger charge is -2.07. The molecule has 154 valence electrons. The molecule has 3 nitrogen and oxygen atoms in total. The number of aromatic nitrogens is 1. The first kappa shape index (κ1) is 19.0. The average molecular weight is 422 g/mol. The van der Waals surface area contributed by atoms with Crippen LogP contribution in [0.15, 0.2) is 114 Å². The summed E-state index contributed by atoms with van der Waals surface area (Å²) in [5, 5.41) is 11.4. The van der Waals surface area contributed by atoms with Gasteiger partial charge in [0.15, 0.2) is 5.58 Å². The van der Waals surface area contributed by atoms with Crippen LogP contribution in [0, 0.1) is 11.3 Å². The van der Waals surface area contributed by atoms with Gasteiger partial charge >= 0.3 is 0 Å². The Hall–Kier alpha value is -4.68. The molecule has 0 aliphatic rings. The van der Waals surface area contributed by atoms with Crippen LogP contribution in [0.2, 0.25) is 0 Å². The van der Waals surface area contributed by atoms with Gasteiger partial charge in [-0.3, -0.25) is 4.98 Å². The molecule has 0 bridgehead atoms. The quantitative estimate of drug-likeness (QED) is 0.292. The normalized spacial score (nSPS) is 11.0. The lowest BCUT2D eigenvalue weighted by atomic mass is 9.99. The van der Waals surface area contributed by atoms with E-state index in [1.165, 1.54) is 0 Å². The van der Waals surface area contributed by atoms with Crippen molar-refractivity contribution in [3.05, 3.63) is 115 Å². The van der Waals surface area contributed by atoms with E-state index in [4.69, 9.17) is 4.42 Å². The highest BCUT2D eigenvalue weighted by Crippen LogP contribution is 2.37. The highest BCUT2D eigenvalue weighted by Gasteiger charge is 2.14. The number of benzene rings is 4. The molecule has 0 spiro atoms. The van der Waals surface area contributed by atoms with Crippen molar-refractivity contribution < 1.29 is 4.42 Å². The highest BCUT2D eigenvalue weighted by atomic mass is 16.3. The molecule has 3 heteroatoms. The molecule has 0 radical (unpaired) electrons. The standard InChI is InChI=1S/C30H18N2O/c31-18-23-8-4-10-26-27-11-5-9-25(30(27)33-29(23)26)21-14-12-20(13-15-21)24-16-17-28(32-19-24)22-6-2-1-3-7-22/h1-17,19H. The minimum absolute atomic E-state index is 0.552. The van der Waals surface area contributed by atoms with Crippen LogP contribution < -0.4 is 0 Å². The Bertz CT molecular complexity index is 1640. The second kappa shape index (κ2) is 7.78. The fraction of sp³-hybridized carbons (Fsp3) is 0. The third kappa shape index (κ3) is 3.26.